The summed E-state index contributed by atoms with van der Waals surface area (Å²) < 4.78 is 0. The van der Waals surface area contributed by atoms with E-state index in [-0.39, 0.29) is 5.41 Å². The first-order valence-electron chi connectivity index (χ1n) is 7.93. The zero-order chi connectivity index (χ0) is 17.0. The molecule has 0 aromatic carbocycles. The lowest BCUT2D eigenvalue weighted by atomic mass is 9.85. The predicted octanol–water partition coefficient (Wildman–Crippen LogP) is 4.20. The minimum atomic E-state index is -0.0995. The van der Waals surface area contributed by atoms with E-state index in [9.17, 15) is 0 Å². The fourth-order valence-corrected chi connectivity index (χ4v) is 3.02. The second-order valence-electron chi connectivity index (χ2n) is 6.25. The van der Waals surface area contributed by atoms with E-state index < -0.39 is 0 Å². The van der Waals surface area contributed by atoms with Gasteiger partial charge >= 0.3 is 0 Å². The highest BCUT2D eigenvalue weighted by atomic mass is 32.1. The first kappa shape index (κ1) is 16.6. The van der Waals surface area contributed by atoms with Gasteiger partial charge in [0.2, 0.25) is 0 Å². The standard InChI is InChI=1S/C19H20N4S/c1-19(2,9-12-24)17-13-16(14-7-3-5-10-20-14)22-18(23-17)15-8-4-6-11-21-15/h3-8,10-11,13,24H,9,12H2,1-2H3. The maximum atomic E-state index is 4.78. The van der Waals surface area contributed by atoms with Gasteiger partial charge in [0.25, 0.3) is 0 Å². The van der Waals surface area contributed by atoms with Crippen LogP contribution in [0.15, 0.2) is 54.9 Å². The molecule has 3 aromatic rings. The third kappa shape index (κ3) is 3.62. The highest BCUT2D eigenvalue weighted by Gasteiger charge is 2.24. The van der Waals surface area contributed by atoms with Crippen LogP contribution in [0.2, 0.25) is 0 Å². The molecule has 0 radical (unpaired) electrons. The number of pyridine rings is 2. The van der Waals surface area contributed by atoms with E-state index in [1.165, 1.54) is 0 Å². The van der Waals surface area contributed by atoms with E-state index in [4.69, 9.17) is 9.97 Å². The summed E-state index contributed by atoms with van der Waals surface area (Å²) in [5.41, 5.74) is 3.29. The fraction of sp³-hybridized carbons (Fsp3) is 0.263. The topological polar surface area (TPSA) is 51.6 Å². The number of thiol groups is 1. The van der Waals surface area contributed by atoms with Crippen molar-refractivity contribution in [2.75, 3.05) is 5.75 Å². The molecule has 3 aromatic heterocycles. The Kier molecular flexibility index (Phi) is 4.90. The van der Waals surface area contributed by atoms with Gasteiger partial charge in [-0.15, -0.1) is 0 Å². The first-order chi connectivity index (χ1) is 11.6. The zero-order valence-corrected chi connectivity index (χ0v) is 14.7. The molecule has 122 valence electrons. The highest BCUT2D eigenvalue weighted by molar-refractivity contribution is 7.80. The lowest BCUT2D eigenvalue weighted by Crippen LogP contribution is -2.20. The van der Waals surface area contributed by atoms with E-state index in [0.29, 0.717) is 5.82 Å². The van der Waals surface area contributed by atoms with E-state index >= 15 is 0 Å². The van der Waals surface area contributed by atoms with Crippen molar-refractivity contribution in [1.82, 2.24) is 19.9 Å². The Hall–Kier alpha value is -2.27. The van der Waals surface area contributed by atoms with Crippen LogP contribution in [0.4, 0.5) is 0 Å². The molecular formula is C19H20N4S. The largest absolute Gasteiger partial charge is 0.255 e. The first-order valence-corrected chi connectivity index (χ1v) is 8.56. The van der Waals surface area contributed by atoms with Crippen LogP contribution < -0.4 is 0 Å². The molecule has 3 rings (SSSR count). The molecule has 5 heteroatoms. The summed E-state index contributed by atoms with van der Waals surface area (Å²) >= 11 is 4.39. The molecule has 0 fully saturated rings. The Morgan fingerprint density at radius 3 is 2.12 bits per heavy atom. The van der Waals surface area contributed by atoms with E-state index in [1.807, 2.05) is 42.5 Å². The van der Waals surface area contributed by atoms with E-state index in [2.05, 4.69) is 36.4 Å². The van der Waals surface area contributed by atoms with Gasteiger partial charge in [0.1, 0.15) is 5.69 Å². The Morgan fingerprint density at radius 1 is 0.875 bits per heavy atom. The van der Waals surface area contributed by atoms with Gasteiger partial charge in [-0.1, -0.05) is 26.0 Å². The van der Waals surface area contributed by atoms with Gasteiger partial charge in [-0.2, -0.15) is 12.6 Å². The Balaban J connectivity index is 2.16. The van der Waals surface area contributed by atoms with Crippen molar-refractivity contribution in [3.63, 3.8) is 0 Å². The molecule has 0 unspecified atom stereocenters. The van der Waals surface area contributed by atoms with Crippen molar-refractivity contribution < 1.29 is 0 Å². The summed E-state index contributed by atoms with van der Waals surface area (Å²) in [4.78, 5) is 18.3. The maximum Gasteiger partial charge on any atom is 0.179 e. The van der Waals surface area contributed by atoms with Crippen LogP contribution in [-0.4, -0.2) is 25.7 Å². The molecule has 0 spiro atoms. The minimum Gasteiger partial charge on any atom is -0.255 e. The quantitative estimate of drug-likeness (QED) is 0.710. The molecule has 0 atom stereocenters. The lowest BCUT2D eigenvalue weighted by molar-refractivity contribution is 0.495. The van der Waals surface area contributed by atoms with Crippen molar-refractivity contribution in [2.45, 2.75) is 25.7 Å². The van der Waals surface area contributed by atoms with Crippen LogP contribution in [-0.2, 0) is 5.41 Å². The predicted molar refractivity (Wildman–Crippen MR) is 100.0 cm³/mol. The monoisotopic (exact) mass is 336 g/mol. The normalized spacial score (nSPS) is 11.5. The van der Waals surface area contributed by atoms with Gasteiger partial charge in [-0.05, 0) is 42.5 Å². The molecule has 0 aliphatic heterocycles. The number of aromatic nitrogens is 4. The van der Waals surface area contributed by atoms with Crippen LogP contribution >= 0.6 is 12.6 Å². The fourth-order valence-electron chi connectivity index (χ4n) is 2.46. The molecule has 0 N–H and O–H groups in total. The molecule has 0 saturated carbocycles. The molecule has 3 heterocycles. The Bertz CT molecular complexity index is 746. The molecule has 0 aliphatic rings. The van der Waals surface area contributed by atoms with Crippen molar-refractivity contribution in [3.8, 4) is 22.9 Å². The summed E-state index contributed by atoms with van der Waals surface area (Å²) in [5.74, 6) is 1.43. The smallest absolute Gasteiger partial charge is 0.179 e. The third-order valence-corrected chi connectivity index (χ3v) is 4.20. The molecule has 0 bridgehead atoms. The van der Waals surface area contributed by atoms with Gasteiger partial charge in [-0.25, -0.2) is 9.97 Å². The van der Waals surface area contributed by atoms with Crippen molar-refractivity contribution in [3.05, 3.63) is 60.6 Å². The average Bonchev–Trinajstić information content (AvgIpc) is 2.63. The van der Waals surface area contributed by atoms with Crippen LogP contribution in [0.5, 0.6) is 0 Å². The Labute approximate surface area is 147 Å². The second-order valence-corrected chi connectivity index (χ2v) is 6.70. The summed E-state index contributed by atoms with van der Waals surface area (Å²) in [6.07, 6.45) is 4.46. The molecule has 4 nitrogen and oxygen atoms in total. The van der Waals surface area contributed by atoms with Gasteiger partial charge in [0, 0.05) is 17.8 Å². The molecule has 24 heavy (non-hydrogen) atoms. The molecular weight excluding hydrogens is 316 g/mol. The van der Waals surface area contributed by atoms with Gasteiger partial charge in [0.15, 0.2) is 5.82 Å². The SMILES string of the molecule is CC(C)(CCS)c1cc(-c2ccccn2)nc(-c2ccccn2)n1. The van der Waals surface area contributed by atoms with E-state index in [1.54, 1.807) is 12.4 Å². The summed E-state index contributed by atoms with van der Waals surface area (Å²) in [6.45, 7) is 4.35. The van der Waals surface area contributed by atoms with Crippen LogP contribution in [0.25, 0.3) is 22.9 Å². The second kappa shape index (κ2) is 7.09. The lowest BCUT2D eigenvalue weighted by Gasteiger charge is -2.24. The number of rotatable bonds is 5. The van der Waals surface area contributed by atoms with Gasteiger partial charge < -0.3 is 0 Å². The molecule has 0 amide bonds. The van der Waals surface area contributed by atoms with Crippen molar-refractivity contribution >= 4 is 12.6 Å². The molecule has 0 aliphatic carbocycles. The summed E-state index contributed by atoms with van der Waals surface area (Å²) in [6, 6.07) is 13.6. The van der Waals surface area contributed by atoms with Gasteiger partial charge in [-0.3, -0.25) is 9.97 Å². The maximum absolute atomic E-state index is 4.78. The number of nitrogens with zero attached hydrogens (tertiary/aromatic N) is 4. The third-order valence-electron chi connectivity index (χ3n) is 3.98. The Morgan fingerprint density at radius 2 is 1.54 bits per heavy atom. The van der Waals surface area contributed by atoms with Crippen molar-refractivity contribution in [2.24, 2.45) is 0 Å². The summed E-state index contributed by atoms with van der Waals surface area (Å²) in [7, 11) is 0. The average molecular weight is 336 g/mol. The molecule has 0 saturated heterocycles. The zero-order valence-electron chi connectivity index (χ0n) is 13.8. The number of hydrogen-bond acceptors (Lipinski definition) is 5. The van der Waals surface area contributed by atoms with Crippen molar-refractivity contribution in [1.29, 1.82) is 0 Å². The van der Waals surface area contributed by atoms with Crippen LogP contribution in [0, 0.1) is 0 Å². The van der Waals surface area contributed by atoms with Gasteiger partial charge in [0.05, 0.1) is 17.1 Å². The van der Waals surface area contributed by atoms with E-state index in [0.717, 1.165) is 34.9 Å². The minimum absolute atomic E-state index is 0.0995. The van der Waals surface area contributed by atoms with Crippen LogP contribution in [0.3, 0.4) is 0 Å². The number of hydrogen-bond donors (Lipinski definition) is 1. The summed E-state index contributed by atoms with van der Waals surface area (Å²) in [5, 5.41) is 0. The van der Waals surface area contributed by atoms with Crippen LogP contribution in [0.1, 0.15) is 26.0 Å². The highest BCUT2D eigenvalue weighted by Crippen LogP contribution is 2.30.